The summed E-state index contributed by atoms with van der Waals surface area (Å²) < 4.78 is 35.1. The van der Waals surface area contributed by atoms with Gasteiger partial charge in [0.25, 0.3) is 0 Å². The van der Waals surface area contributed by atoms with Gasteiger partial charge in [-0.05, 0) is 53.1 Å². The van der Waals surface area contributed by atoms with Crippen molar-refractivity contribution in [1.82, 2.24) is 5.32 Å². The highest BCUT2D eigenvalue weighted by atomic mass is 16.6. The van der Waals surface area contributed by atoms with E-state index in [4.69, 9.17) is 28.4 Å². The van der Waals surface area contributed by atoms with Crippen LogP contribution in [0.1, 0.15) is 16.7 Å². The minimum absolute atomic E-state index is 0.298. The summed E-state index contributed by atoms with van der Waals surface area (Å²) >= 11 is 0. The van der Waals surface area contributed by atoms with Gasteiger partial charge in [0.05, 0.1) is 34.0 Å². The lowest BCUT2D eigenvalue weighted by molar-refractivity contribution is -0.145. The molecule has 4 atom stereocenters. The Bertz CT molecular complexity index is 1240. The van der Waals surface area contributed by atoms with Gasteiger partial charge < -0.3 is 33.7 Å². The highest BCUT2D eigenvalue weighted by Gasteiger charge is 2.58. The number of benzene rings is 3. The quantitative estimate of drug-likeness (QED) is 0.281. The van der Waals surface area contributed by atoms with Crippen LogP contribution >= 0.6 is 0 Å². The van der Waals surface area contributed by atoms with Crippen LogP contribution in [0.25, 0.3) is 0 Å². The first-order valence-corrected chi connectivity index (χ1v) is 12.9. The van der Waals surface area contributed by atoms with E-state index in [0.717, 1.165) is 28.2 Å². The maximum absolute atomic E-state index is 12.8. The molecule has 3 aromatic rings. The molecule has 0 bridgehead atoms. The lowest BCUT2D eigenvalue weighted by Gasteiger charge is -2.37. The molecule has 1 saturated heterocycles. The average Bonchev–Trinajstić information content (AvgIpc) is 3.76. The minimum atomic E-state index is -0.672. The molecule has 0 saturated carbocycles. The van der Waals surface area contributed by atoms with Crippen molar-refractivity contribution in [2.75, 3.05) is 20.8 Å². The number of carbonyl (C=O) groups is 1. The lowest BCUT2D eigenvalue weighted by atomic mass is 9.88. The van der Waals surface area contributed by atoms with E-state index in [2.05, 4.69) is 5.32 Å². The number of methoxy groups -OCH3 is 2. The standard InChI is InChI=1S/C31H33NO7/c1-34-25-12-8-23(9-13-25)19-36-28-27(39-30(33)32-18-22-6-4-3-5-7-22)16-17-31(21-38-31)29(28)37-20-24-10-14-26(35-2)15-11-24/h3-17,27-29H,18-21H2,1-2H3,(H,32,33)/t27-,28+,29-,31-/m0/s1. The third-order valence-electron chi connectivity index (χ3n) is 6.86. The van der Waals surface area contributed by atoms with Crippen molar-refractivity contribution in [3.63, 3.8) is 0 Å². The van der Waals surface area contributed by atoms with Crippen molar-refractivity contribution in [1.29, 1.82) is 0 Å². The summed E-state index contributed by atoms with van der Waals surface area (Å²) in [7, 11) is 3.26. The molecular formula is C31H33NO7. The summed E-state index contributed by atoms with van der Waals surface area (Å²) in [6, 6.07) is 25.0. The van der Waals surface area contributed by atoms with Gasteiger partial charge in [-0.25, -0.2) is 4.79 Å². The lowest BCUT2D eigenvalue weighted by Crippen LogP contribution is -2.53. The van der Waals surface area contributed by atoms with Crippen LogP contribution in [0.15, 0.2) is 91.0 Å². The number of hydrogen-bond donors (Lipinski definition) is 1. The predicted octanol–water partition coefficient (Wildman–Crippen LogP) is 4.81. The molecule has 1 aliphatic carbocycles. The van der Waals surface area contributed by atoms with Crippen molar-refractivity contribution in [2.24, 2.45) is 0 Å². The van der Waals surface area contributed by atoms with Crippen LogP contribution in [0.5, 0.6) is 11.5 Å². The Labute approximate surface area is 228 Å². The van der Waals surface area contributed by atoms with Crippen LogP contribution in [0.3, 0.4) is 0 Å². The van der Waals surface area contributed by atoms with Crippen LogP contribution in [0.2, 0.25) is 0 Å². The van der Waals surface area contributed by atoms with E-state index in [-0.39, 0.29) is 0 Å². The summed E-state index contributed by atoms with van der Waals surface area (Å²) in [5.41, 5.74) is 2.30. The first-order valence-electron chi connectivity index (χ1n) is 12.9. The Balaban J connectivity index is 1.30. The predicted molar refractivity (Wildman–Crippen MR) is 145 cm³/mol. The molecule has 1 heterocycles. The van der Waals surface area contributed by atoms with E-state index in [0.29, 0.717) is 26.4 Å². The number of alkyl carbamates (subject to hydrolysis) is 1. The Morgan fingerprint density at radius 3 is 2.00 bits per heavy atom. The molecule has 5 rings (SSSR count). The summed E-state index contributed by atoms with van der Waals surface area (Å²) in [5.74, 6) is 1.54. The Morgan fingerprint density at radius 2 is 1.44 bits per heavy atom. The van der Waals surface area contributed by atoms with E-state index in [1.165, 1.54) is 0 Å². The number of hydrogen-bond acceptors (Lipinski definition) is 7. The number of amides is 1. The molecule has 8 heteroatoms. The number of ether oxygens (including phenoxy) is 6. The summed E-state index contributed by atoms with van der Waals surface area (Å²) in [6.07, 6.45) is 1.47. The number of nitrogens with one attached hydrogen (secondary N) is 1. The molecule has 0 unspecified atom stereocenters. The fraction of sp³-hybridized carbons (Fsp3) is 0.323. The molecule has 1 amide bonds. The van der Waals surface area contributed by atoms with Gasteiger partial charge in [0, 0.05) is 6.54 Å². The first-order chi connectivity index (χ1) is 19.1. The van der Waals surface area contributed by atoms with E-state index < -0.39 is 30.0 Å². The highest BCUT2D eigenvalue weighted by Crippen LogP contribution is 2.42. The van der Waals surface area contributed by atoms with Gasteiger partial charge in [-0.1, -0.05) is 54.6 Å². The molecule has 2 aliphatic rings. The average molecular weight is 532 g/mol. The number of rotatable bonds is 11. The molecule has 39 heavy (non-hydrogen) atoms. The van der Waals surface area contributed by atoms with Crippen LogP contribution < -0.4 is 14.8 Å². The first kappa shape index (κ1) is 26.7. The third-order valence-corrected chi connectivity index (χ3v) is 6.86. The monoisotopic (exact) mass is 531 g/mol. The zero-order chi connectivity index (χ0) is 27.1. The minimum Gasteiger partial charge on any atom is -0.497 e. The Hall–Kier alpha value is -3.85. The van der Waals surface area contributed by atoms with E-state index in [1.807, 2.05) is 91.0 Å². The second-order valence-corrected chi connectivity index (χ2v) is 9.52. The van der Waals surface area contributed by atoms with E-state index in [1.54, 1.807) is 14.2 Å². The van der Waals surface area contributed by atoms with Crippen molar-refractivity contribution < 1.29 is 33.2 Å². The van der Waals surface area contributed by atoms with Crippen LogP contribution in [-0.2, 0) is 38.7 Å². The molecule has 0 radical (unpaired) electrons. The van der Waals surface area contributed by atoms with Gasteiger partial charge in [-0.2, -0.15) is 0 Å². The Kier molecular flexibility index (Phi) is 8.46. The second kappa shape index (κ2) is 12.3. The maximum atomic E-state index is 12.8. The SMILES string of the molecule is COc1ccc(CO[C@@H]2[C@@H](OC(=O)NCc3ccccc3)C=C[C@]3(CO3)[C@H]2OCc2ccc(OC)cc2)cc1. The molecule has 1 aliphatic heterocycles. The third kappa shape index (κ3) is 6.78. The topological polar surface area (TPSA) is 87.8 Å². The molecule has 1 N–H and O–H groups in total. The molecule has 1 spiro atoms. The van der Waals surface area contributed by atoms with Crippen LogP contribution in [0, 0.1) is 0 Å². The summed E-state index contributed by atoms with van der Waals surface area (Å²) in [5, 5.41) is 2.82. The van der Waals surface area contributed by atoms with Gasteiger partial charge in [0.2, 0.25) is 0 Å². The van der Waals surface area contributed by atoms with Gasteiger partial charge in [-0.15, -0.1) is 0 Å². The summed E-state index contributed by atoms with van der Waals surface area (Å²) in [6.45, 7) is 1.50. The van der Waals surface area contributed by atoms with Crippen LogP contribution in [0.4, 0.5) is 4.79 Å². The zero-order valence-corrected chi connectivity index (χ0v) is 22.1. The van der Waals surface area contributed by atoms with Gasteiger partial charge in [-0.3, -0.25) is 0 Å². The van der Waals surface area contributed by atoms with Crippen molar-refractivity contribution in [2.45, 2.75) is 43.7 Å². The molecule has 8 nitrogen and oxygen atoms in total. The molecule has 1 fully saturated rings. The highest BCUT2D eigenvalue weighted by molar-refractivity contribution is 5.67. The molecule has 3 aromatic carbocycles. The number of carbonyl (C=O) groups excluding carboxylic acids is 1. The van der Waals surface area contributed by atoms with E-state index in [9.17, 15) is 4.79 Å². The molecule has 0 aromatic heterocycles. The zero-order valence-electron chi connectivity index (χ0n) is 22.1. The van der Waals surface area contributed by atoms with Crippen molar-refractivity contribution in [3.05, 3.63) is 108 Å². The Morgan fingerprint density at radius 1 is 0.846 bits per heavy atom. The van der Waals surface area contributed by atoms with Crippen molar-refractivity contribution >= 4 is 6.09 Å². The second-order valence-electron chi connectivity index (χ2n) is 9.52. The van der Waals surface area contributed by atoms with Gasteiger partial charge >= 0.3 is 6.09 Å². The van der Waals surface area contributed by atoms with Gasteiger partial charge in [0.15, 0.2) is 6.10 Å². The fourth-order valence-electron chi connectivity index (χ4n) is 4.54. The largest absolute Gasteiger partial charge is 0.497 e. The fourth-order valence-corrected chi connectivity index (χ4v) is 4.54. The van der Waals surface area contributed by atoms with Crippen molar-refractivity contribution in [3.8, 4) is 11.5 Å². The summed E-state index contributed by atoms with van der Waals surface area (Å²) in [4.78, 5) is 12.8. The van der Waals surface area contributed by atoms with Crippen LogP contribution in [-0.4, -0.2) is 50.8 Å². The molecular weight excluding hydrogens is 498 g/mol. The smallest absolute Gasteiger partial charge is 0.408 e. The van der Waals surface area contributed by atoms with Gasteiger partial charge in [0.1, 0.15) is 29.3 Å². The number of epoxide rings is 1. The maximum Gasteiger partial charge on any atom is 0.408 e. The van der Waals surface area contributed by atoms with E-state index >= 15 is 0 Å². The molecule has 204 valence electrons. The normalized spacial score (nSPS) is 23.3.